The van der Waals surface area contributed by atoms with E-state index < -0.39 is 15.7 Å². The van der Waals surface area contributed by atoms with E-state index in [1.807, 2.05) is 20.8 Å². The highest BCUT2D eigenvalue weighted by atomic mass is 35.5. The van der Waals surface area contributed by atoms with Gasteiger partial charge in [-0.3, -0.25) is 4.79 Å². The number of amides is 3. The average molecular weight is 538 g/mol. The molecule has 0 unspecified atom stereocenters. The van der Waals surface area contributed by atoms with E-state index in [1.54, 1.807) is 11.0 Å². The highest BCUT2D eigenvalue weighted by molar-refractivity contribution is 7.87. The van der Waals surface area contributed by atoms with E-state index in [1.165, 1.54) is 43.3 Å². The van der Waals surface area contributed by atoms with Gasteiger partial charge in [0, 0.05) is 41.9 Å². The number of hydrogen-bond donors (Lipinski definition) is 2. The van der Waals surface area contributed by atoms with Crippen molar-refractivity contribution < 1.29 is 26.9 Å². The normalized spacial score (nSPS) is 15.9. The van der Waals surface area contributed by atoms with Crippen molar-refractivity contribution >= 4 is 39.3 Å². The van der Waals surface area contributed by atoms with Gasteiger partial charge < -0.3 is 24.5 Å². The van der Waals surface area contributed by atoms with Crippen LogP contribution in [-0.2, 0) is 26.2 Å². The topological polar surface area (TPSA) is 114 Å². The Morgan fingerprint density at radius 3 is 2.44 bits per heavy atom. The molecule has 196 valence electrons. The molecule has 1 fully saturated rings. The summed E-state index contributed by atoms with van der Waals surface area (Å²) in [5.74, 6) is -0.207. The maximum Gasteiger partial charge on any atom is 0.339 e. The highest BCUT2D eigenvalue weighted by Crippen LogP contribution is 2.29. The van der Waals surface area contributed by atoms with E-state index >= 15 is 0 Å². The third kappa shape index (κ3) is 8.11. The van der Waals surface area contributed by atoms with Gasteiger partial charge >= 0.3 is 16.1 Å². The highest BCUT2D eigenvalue weighted by Gasteiger charge is 2.27. The minimum Gasteiger partial charge on any atom is -0.379 e. The molecule has 0 spiro atoms. The summed E-state index contributed by atoms with van der Waals surface area (Å²) in [6, 6.07) is 9.90. The van der Waals surface area contributed by atoms with E-state index in [4.69, 9.17) is 20.5 Å². The fourth-order valence-electron chi connectivity index (χ4n) is 3.69. The van der Waals surface area contributed by atoms with Crippen molar-refractivity contribution in [2.75, 3.05) is 18.5 Å². The summed E-state index contributed by atoms with van der Waals surface area (Å²) in [5, 5.41) is 5.91. The summed E-state index contributed by atoms with van der Waals surface area (Å²) in [7, 11) is -4.20. The van der Waals surface area contributed by atoms with Crippen molar-refractivity contribution in [3.05, 3.63) is 53.1 Å². The van der Waals surface area contributed by atoms with Crippen molar-refractivity contribution in [1.29, 1.82) is 0 Å². The minimum absolute atomic E-state index is 0.0613. The van der Waals surface area contributed by atoms with E-state index in [2.05, 4.69) is 10.6 Å². The smallest absolute Gasteiger partial charge is 0.339 e. The first-order chi connectivity index (χ1) is 16.8. The van der Waals surface area contributed by atoms with Crippen molar-refractivity contribution in [2.45, 2.75) is 63.6 Å². The summed E-state index contributed by atoms with van der Waals surface area (Å²) in [4.78, 5) is 25.8. The van der Waals surface area contributed by atoms with Gasteiger partial charge in [-0.15, -0.1) is 0 Å². The first-order valence-electron chi connectivity index (χ1n) is 11.6. The van der Waals surface area contributed by atoms with Crippen LogP contribution in [0.1, 0.15) is 46.1 Å². The summed E-state index contributed by atoms with van der Waals surface area (Å²) in [6.45, 7) is 8.05. The van der Waals surface area contributed by atoms with Gasteiger partial charge in [0.1, 0.15) is 10.6 Å². The van der Waals surface area contributed by atoms with Crippen LogP contribution in [0.5, 0.6) is 5.75 Å². The Morgan fingerprint density at radius 2 is 1.86 bits per heavy atom. The predicted octanol–water partition coefficient (Wildman–Crippen LogP) is 4.56. The van der Waals surface area contributed by atoms with Crippen molar-refractivity contribution in [2.24, 2.45) is 0 Å². The molecule has 0 saturated carbocycles. The molecule has 2 aromatic rings. The molecule has 11 heteroatoms. The Morgan fingerprint density at radius 1 is 1.17 bits per heavy atom. The van der Waals surface area contributed by atoms with Crippen LogP contribution in [0.15, 0.2) is 47.4 Å². The summed E-state index contributed by atoms with van der Waals surface area (Å²) >= 11 is 6.22. The lowest BCUT2D eigenvalue weighted by Gasteiger charge is -2.30. The average Bonchev–Trinajstić information content (AvgIpc) is 3.27. The third-order valence-corrected chi connectivity index (χ3v) is 6.75. The molecule has 3 amide bonds. The Balaban J connectivity index is 1.86. The molecule has 1 atom stereocenters. The van der Waals surface area contributed by atoms with E-state index in [0.29, 0.717) is 29.4 Å². The first-order valence-corrected chi connectivity index (χ1v) is 13.4. The maximum absolute atomic E-state index is 13.1. The fourth-order valence-corrected chi connectivity index (χ4v) is 4.85. The SMILES string of the molecule is CC(=O)Nc1ccc(S(=O)(=O)Oc2ccc(Cl)cc2CN(C[C@H]2CCCO2)C(=O)NC(C)(C)C)cc1. The Labute approximate surface area is 217 Å². The number of halogens is 1. The van der Waals surface area contributed by atoms with Crippen molar-refractivity contribution in [3.8, 4) is 5.75 Å². The Bertz CT molecular complexity index is 1190. The second-order valence-corrected chi connectivity index (χ2v) is 11.7. The van der Waals surface area contributed by atoms with Crippen LogP contribution >= 0.6 is 11.6 Å². The monoisotopic (exact) mass is 537 g/mol. The van der Waals surface area contributed by atoms with Gasteiger partial charge in [0.05, 0.1) is 12.6 Å². The third-order valence-electron chi connectivity index (χ3n) is 5.26. The van der Waals surface area contributed by atoms with Crippen LogP contribution in [0.3, 0.4) is 0 Å². The lowest BCUT2D eigenvalue weighted by molar-refractivity contribution is -0.114. The van der Waals surface area contributed by atoms with Crippen LogP contribution in [0.4, 0.5) is 10.5 Å². The molecule has 2 aromatic carbocycles. The maximum atomic E-state index is 13.1. The number of ether oxygens (including phenoxy) is 1. The minimum atomic E-state index is -4.20. The standard InChI is InChI=1S/C25H32ClN3O6S/c1-17(30)27-20-8-10-22(11-9-20)36(32,33)35-23-12-7-19(26)14-18(23)15-29(16-21-6-5-13-34-21)24(31)28-25(2,3)4/h7-12,14,21H,5-6,13,15-16H2,1-4H3,(H,27,30)(H,28,31)/t21-/m1/s1. The summed E-state index contributed by atoms with van der Waals surface area (Å²) < 4.78 is 37.2. The van der Waals surface area contributed by atoms with Gasteiger partial charge in [-0.1, -0.05) is 11.6 Å². The van der Waals surface area contributed by atoms with Gasteiger partial charge in [-0.25, -0.2) is 4.79 Å². The molecular weight excluding hydrogens is 506 g/mol. The molecule has 1 aliphatic heterocycles. The fraction of sp³-hybridized carbons (Fsp3) is 0.440. The molecule has 0 bridgehead atoms. The van der Waals surface area contributed by atoms with Crippen molar-refractivity contribution in [1.82, 2.24) is 10.2 Å². The van der Waals surface area contributed by atoms with Crippen LogP contribution in [0.2, 0.25) is 5.02 Å². The molecule has 3 rings (SSSR count). The molecule has 1 heterocycles. The summed E-state index contributed by atoms with van der Waals surface area (Å²) in [6.07, 6.45) is 1.65. The number of anilines is 1. The Kier molecular flexibility index (Phi) is 8.86. The number of urea groups is 1. The van der Waals surface area contributed by atoms with Gasteiger partial charge in [0.25, 0.3) is 0 Å². The van der Waals surface area contributed by atoms with Crippen molar-refractivity contribution in [3.63, 3.8) is 0 Å². The number of nitrogens with zero attached hydrogens (tertiary/aromatic N) is 1. The molecule has 1 aliphatic rings. The number of carbonyl (C=O) groups is 2. The van der Waals surface area contributed by atoms with Gasteiger partial charge in [-0.2, -0.15) is 8.42 Å². The van der Waals surface area contributed by atoms with E-state index in [9.17, 15) is 18.0 Å². The number of rotatable bonds is 8. The molecule has 0 aromatic heterocycles. The number of hydrogen-bond acceptors (Lipinski definition) is 6. The van der Waals surface area contributed by atoms with Gasteiger partial charge in [0.2, 0.25) is 5.91 Å². The first kappa shape index (κ1) is 27.8. The molecular formula is C25H32ClN3O6S. The van der Waals surface area contributed by atoms with Gasteiger partial charge in [-0.05, 0) is 76.1 Å². The number of benzene rings is 2. The Hall–Kier alpha value is -2.82. The second-order valence-electron chi connectivity index (χ2n) is 9.69. The quantitative estimate of drug-likeness (QED) is 0.477. The predicted molar refractivity (Wildman–Crippen MR) is 138 cm³/mol. The molecule has 0 radical (unpaired) electrons. The lowest BCUT2D eigenvalue weighted by Crippen LogP contribution is -2.50. The van der Waals surface area contributed by atoms with Gasteiger partial charge in [0.15, 0.2) is 0 Å². The molecule has 2 N–H and O–H groups in total. The van der Waals surface area contributed by atoms with Crippen LogP contribution in [-0.4, -0.2) is 50.1 Å². The largest absolute Gasteiger partial charge is 0.379 e. The van der Waals surface area contributed by atoms with E-state index in [0.717, 1.165) is 12.8 Å². The number of nitrogens with one attached hydrogen (secondary N) is 2. The molecule has 0 aliphatic carbocycles. The van der Waals surface area contributed by atoms with Crippen LogP contribution < -0.4 is 14.8 Å². The zero-order chi connectivity index (χ0) is 26.5. The lowest BCUT2D eigenvalue weighted by atomic mass is 10.1. The second kappa shape index (κ2) is 11.5. The van der Waals surface area contributed by atoms with Crippen LogP contribution in [0.25, 0.3) is 0 Å². The number of carbonyl (C=O) groups excluding carboxylic acids is 2. The van der Waals surface area contributed by atoms with Crippen LogP contribution in [0, 0.1) is 0 Å². The molecule has 36 heavy (non-hydrogen) atoms. The zero-order valence-electron chi connectivity index (χ0n) is 20.8. The molecule has 9 nitrogen and oxygen atoms in total. The summed E-state index contributed by atoms with van der Waals surface area (Å²) in [5.41, 5.74) is 0.429. The molecule has 1 saturated heterocycles. The van der Waals surface area contributed by atoms with E-state index in [-0.39, 0.29) is 35.2 Å². The zero-order valence-corrected chi connectivity index (χ0v) is 22.4.